The standard InChI is InChI=1S/C16H25NO2/c1-5-10-17(12(2)3)11-14-6-8-15(9-7-14)13(4)16(18)19/h6-9,12-13H,5,10-11H2,1-4H3,(H,18,19). The zero-order valence-electron chi connectivity index (χ0n) is 12.4. The molecule has 1 N–H and O–H groups in total. The predicted octanol–water partition coefficient (Wildman–Crippen LogP) is 3.50. The molecule has 3 heteroatoms. The number of aliphatic carboxylic acids is 1. The smallest absolute Gasteiger partial charge is 0.310 e. The molecule has 0 heterocycles. The molecule has 1 unspecified atom stereocenters. The Morgan fingerprint density at radius 1 is 1.21 bits per heavy atom. The first-order valence-corrected chi connectivity index (χ1v) is 7.01. The third kappa shape index (κ3) is 4.67. The first kappa shape index (κ1) is 15.7. The first-order valence-electron chi connectivity index (χ1n) is 7.01. The lowest BCUT2D eigenvalue weighted by Crippen LogP contribution is -2.30. The van der Waals surface area contributed by atoms with E-state index in [9.17, 15) is 4.79 Å². The van der Waals surface area contributed by atoms with Gasteiger partial charge in [0.1, 0.15) is 0 Å². The van der Waals surface area contributed by atoms with E-state index < -0.39 is 11.9 Å². The van der Waals surface area contributed by atoms with Gasteiger partial charge in [0.15, 0.2) is 0 Å². The molecule has 0 saturated heterocycles. The van der Waals surface area contributed by atoms with Crippen LogP contribution in [0.3, 0.4) is 0 Å². The Balaban J connectivity index is 2.73. The lowest BCUT2D eigenvalue weighted by Gasteiger charge is -2.26. The SMILES string of the molecule is CCCN(Cc1ccc(C(C)C(=O)O)cc1)C(C)C. The maximum atomic E-state index is 10.9. The van der Waals surface area contributed by atoms with Gasteiger partial charge in [-0.15, -0.1) is 0 Å². The van der Waals surface area contributed by atoms with E-state index in [0.29, 0.717) is 6.04 Å². The van der Waals surface area contributed by atoms with Crippen LogP contribution in [0.5, 0.6) is 0 Å². The van der Waals surface area contributed by atoms with Gasteiger partial charge >= 0.3 is 5.97 Å². The molecule has 19 heavy (non-hydrogen) atoms. The van der Waals surface area contributed by atoms with Crippen LogP contribution in [0.15, 0.2) is 24.3 Å². The third-order valence-electron chi connectivity index (χ3n) is 3.48. The van der Waals surface area contributed by atoms with Gasteiger partial charge in [0.25, 0.3) is 0 Å². The van der Waals surface area contributed by atoms with Gasteiger partial charge in [-0.1, -0.05) is 31.2 Å². The van der Waals surface area contributed by atoms with Crippen molar-refractivity contribution < 1.29 is 9.90 Å². The van der Waals surface area contributed by atoms with Crippen molar-refractivity contribution in [3.8, 4) is 0 Å². The monoisotopic (exact) mass is 263 g/mol. The molecule has 0 radical (unpaired) electrons. The summed E-state index contributed by atoms with van der Waals surface area (Å²) in [6.45, 7) is 10.3. The number of carbonyl (C=O) groups is 1. The van der Waals surface area contributed by atoms with Crippen LogP contribution in [0.25, 0.3) is 0 Å². The van der Waals surface area contributed by atoms with Gasteiger partial charge in [-0.05, 0) is 44.9 Å². The van der Waals surface area contributed by atoms with Crippen LogP contribution in [0, 0.1) is 0 Å². The second-order valence-corrected chi connectivity index (χ2v) is 5.37. The van der Waals surface area contributed by atoms with E-state index in [0.717, 1.165) is 25.1 Å². The van der Waals surface area contributed by atoms with E-state index in [2.05, 4.69) is 25.7 Å². The number of nitrogens with zero attached hydrogens (tertiary/aromatic N) is 1. The van der Waals surface area contributed by atoms with Gasteiger partial charge in [-0.25, -0.2) is 0 Å². The molecular weight excluding hydrogens is 238 g/mol. The average molecular weight is 263 g/mol. The highest BCUT2D eigenvalue weighted by molar-refractivity contribution is 5.75. The maximum absolute atomic E-state index is 10.9. The third-order valence-corrected chi connectivity index (χ3v) is 3.48. The Labute approximate surface area is 116 Å². The van der Waals surface area contributed by atoms with E-state index in [1.807, 2.05) is 24.3 Å². The lowest BCUT2D eigenvalue weighted by atomic mass is 10.00. The molecule has 1 aromatic carbocycles. The molecule has 0 aromatic heterocycles. The van der Waals surface area contributed by atoms with Crippen LogP contribution >= 0.6 is 0 Å². The fourth-order valence-electron chi connectivity index (χ4n) is 2.10. The number of hydrogen-bond acceptors (Lipinski definition) is 2. The molecule has 1 aromatic rings. The molecule has 0 aliphatic carbocycles. The summed E-state index contributed by atoms with van der Waals surface area (Å²) in [7, 11) is 0. The zero-order valence-corrected chi connectivity index (χ0v) is 12.4. The van der Waals surface area contributed by atoms with E-state index in [1.54, 1.807) is 6.92 Å². The second-order valence-electron chi connectivity index (χ2n) is 5.37. The lowest BCUT2D eigenvalue weighted by molar-refractivity contribution is -0.138. The van der Waals surface area contributed by atoms with E-state index in [4.69, 9.17) is 5.11 Å². The summed E-state index contributed by atoms with van der Waals surface area (Å²) >= 11 is 0. The molecule has 1 rings (SSSR count). The van der Waals surface area contributed by atoms with Crippen LogP contribution in [-0.4, -0.2) is 28.6 Å². The maximum Gasteiger partial charge on any atom is 0.310 e. The Morgan fingerprint density at radius 2 is 1.79 bits per heavy atom. The summed E-state index contributed by atoms with van der Waals surface area (Å²) in [5, 5.41) is 8.98. The van der Waals surface area contributed by atoms with E-state index in [1.165, 1.54) is 5.56 Å². The largest absolute Gasteiger partial charge is 0.481 e. The van der Waals surface area contributed by atoms with Crippen molar-refractivity contribution in [2.24, 2.45) is 0 Å². The van der Waals surface area contributed by atoms with Gasteiger partial charge in [0.05, 0.1) is 5.92 Å². The van der Waals surface area contributed by atoms with Crippen LogP contribution in [0.2, 0.25) is 0 Å². The summed E-state index contributed by atoms with van der Waals surface area (Å²) in [6, 6.07) is 8.47. The Bertz CT molecular complexity index is 398. The van der Waals surface area contributed by atoms with E-state index in [-0.39, 0.29) is 0 Å². The molecule has 0 amide bonds. The van der Waals surface area contributed by atoms with Crippen molar-refractivity contribution >= 4 is 5.97 Å². The van der Waals surface area contributed by atoms with Gasteiger partial charge in [0.2, 0.25) is 0 Å². The van der Waals surface area contributed by atoms with Gasteiger partial charge < -0.3 is 5.11 Å². The van der Waals surface area contributed by atoms with Crippen molar-refractivity contribution in [2.45, 2.75) is 52.6 Å². The first-order chi connectivity index (χ1) is 8.95. The van der Waals surface area contributed by atoms with Crippen molar-refractivity contribution in [3.63, 3.8) is 0 Å². The molecule has 0 bridgehead atoms. The number of carboxylic acid groups (broad SMARTS) is 1. The van der Waals surface area contributed by atoms with Crippen molar-refractivity contribution in [1.29, 1.82) is 0 Å². The molecule has 106 valence electrons. The Morgan fingerprint density at radius 3 is 2.21 bits per heavy atom. The van der Waals surface area contributed by atoms with Crippen LogP contribution < -0.4 is 0 Å². The topological polar surface area (TPSA) is 40.5 Å². The van der Waals surface area contributed by atoms with Crippen LogP contribution in [-0.2, 0) is 11.3 Å². The summed E-state index contributed by atoms with van der Waals surface area (Å²) in [5.74, 6) is -1.21. The fourth-order valence-corrected chi connectivity index (χ4v) is 2.10. The summed E-state index contributed by atoms with van der Waals surface area (Å²) in [5.41, 5.74) is 2.10. The number of carboxylic acids is 1. The van der Waals surface area contributed by atoms with Gasteiger partial charge in [-0.3, -0.25) is 9.69 Å². The van der Waals surface area contributed by atoms with Crippen molar-refractivity contribution in [1.82, 2.24) is 4.90 Å². The average Bonchev–Trinajstić information content (AvgIpc) is 2.38. The van der Waals surface area contributed by atoms with E-state index >= 15 is 0 Å². The molecule has 3 nitrogen and oxygen atoms in total. The summed E-state index contributed by atoms with van der Waals surface area (Å²) in [6.07, 6.45) is 1.15. The highest BCUT2D eigenvalue weighted by Gasteiger charge is 2.14. The normalized spacial score (nSPS) is 12.9. The minimum Gasteiger partial charge on any atom is -0.481 e. The molecule has 0 fully saturated rings. The minimum atomic E-state index is -0.775. The van der Waals surface area contributed by atoms with Crippen LogP contribution in [0.4, 0.5) is 0 Å². The molecule has 1 atom stereocenters. The van der Waals surface area contributed by atoms with Crippen molar-refractivity contribution in [3.05, 3.63) is 35.4 Å². The molecular formula is C16H25NO2. The van der Waals surface area contributed by atoms with Crippen molar-refractivity contribution in [2.75, 3.05) is 6.54 Å². The number of rotatable bonds is 7. The quantitative estimate of drug-likeness (QED) is 0.818. The zero-order chi connectivity index (χ0) is 14.4. The molecule has 0 saturated carbocycles. The second kappa shape index (κ2) is 7.29. The Kier molecular flexibility index (Phi) is 6.03. The molecule has 0 spiro atoms. The van der Waals surface area contributed by atoms with Crippen LogP contribution in [0.1, 0.15) is 51.2 Å². The summed E-state index contributed by atoms with van der Waals surface area (Å²) < 4.78 is 0. The highest BCUT2D eigenvalue weighted by Crippen LogP contribution is 2.17. The number of benzene rings is 1. The molecule has 0 aliphatic heterocycles. The Hall–Kier alpha value is -1.35. The predicted molar refractivity (Wildman–Crippen MR) is 78.3 cm³/mol. The minimum absolute atomic E-state index is 0.439. The number of hydrogen-bond donors (Lipinski definition) is 1. The summed E-state index contributed by atoms with van der Waals surface area (Å²) in [4.78, 5) is 13.4. The van der Waals surface area contributed by atoms with Gasteiger partial charge in [0, 0.05) is 12.6 Å². The highest BCUT2D eigenvalue weighted by atomic mass is 16.4. The van der Waals surface area contributed by atoms with Gasteiger partial charge in [-0.2, -0.15) is 0 Å². The fraction of sp³-hybridized carbons (Fsp3) is 0.562. The molecule has 0 aliphatic rings.